The Kier molecular flexibility index (Phi) is 4.43. The number of carbonyl (C=O) groups is 1. The van der Waals surface area contributed by atoms with Crippen molar-refractivity contribution in [3.63, 3.8) is 0 Å². The van der Waals surface area contributed by atoms with Crippen molar-refractivity contribution in [1.82, 2.24) is 15.2 Å². The van der Waals surface area contributed by atoms with Gasteiger partial charge in [0.1, 0.15) is 0 Å². The number of carbonyl (C=O) groups excluding carboxylic acids is 1. The number of rotatable bonds is 5. The number of hydrogen-bond acceptors (Lipinski definition) is 3. The summed E-state index contributed by atoms with van der Waals surface area (Å²) in [4.78, 5) is 18.3. The predicted molar refractivity (Wildman–Crippen MR) is 89.4 cm³/mol. The van der Waals surface area contributed by atoms with Crippen molar-refractivity contribution in [2.24, 2.45) is 0 Å². The zero-order chi connectivity index (χ0) is 15.5. The van der Waals surface area contributed by atoms with Gasteiger partial charge in [-0.1, -0.05) is 31.2 Å². The summed E-state index contributed by atoms with van der Waals surface area (Å²) >= 11 is 1.64. The smallest absolute Gasteiger partial charge is 0.317 e. The molecule has 1 aliphatic carbocycles. The summed E-state index contributed by atoms with van der Waals surface area (Å²) in [6.45, 7) is 3.50. The molecule has 0 saturated heterocycles. The van der Waals surface area contributed by atoms with Crippen LogP contribution in [0.2, 0.25) is 0 Å². The summed E-state index contributed by atoms with van der Waals surface area (Å²) in [5.41, 5.74) is 2.79. The molecule has 116 valence electrons. The molecule has 2 atom stereocenters. The maximum Gasteiger partial charge on any atom is 0.317 e. The molecule has 22 heavy (non-hydrogen) atoms. The van der Waals surface area contributed by atoms with Gasteiger partial charge >= 0.3 is 6.03 Å². The Balaban J connectivity index is 1.46. The third-order valence-corrected chi connectivity index (χ3v) is 5.24. The van der Waals surface area contributed by atoms with E-state index >= 15 is 0 Å². The van der Waals surface area contributed by atoms with Gasteiger partial charge in [0.25, 0.3) is 0 Å². The number of nitrogens with zero attached hydrogens (tertiary/aromatic N) is 2. The maximum absolute atomic E-state index is 12.2. The number of likely N-dealkylation sites (N-methyl/N-ethyl adjacent to an activating group) is 1. The van der Waals surface area contributed by atoms with Crippen LogP contribution in [-0.4, -0.2) is 36.1 Å². The van der Waals surface area contributed by atoms with Gasteiger partial charge in [0.2, 0.25) is 0 Å². The van der Waals surface area contributed by atoms with Crippen LogP contribution in [0, 0.1) is 0 Å². The lowest BCUT2D eigenvalue weighted by Crippen LogP contribution is -2.42. The van der Waals surface area contributed by atoms with Crippen molar-refractivity contribution in [2.45, 2.75) is 25.2 Å². The van der Waals surface area contributed by atoms with Crippen LogP contribution in [0.4, 0.5) is 4.79 Å². The average molecular weight is 315 g/mol. The summed E-state index contributed by atoms with van der Waals surface area (Å²) in [6, 6.07) is 8.45. The number of amides is 2. The zero-order valence-corrected chi connectivity index (χ0v) is 13.8. The van der Waals surface area contributed by atoms with Crippen LogP contribution in [-0.2, 0) is 6.42 Å². The number of aromatic nitrogens is 1. The van der Waals surface area contributed by atoms with Crippen LogP contribution in [0.25, 0.3) is 0 Å². The molecular weight excluding hydrogens is 294 g/mol. The number of hydrogen-bond donors (Lipinski definition) is 1. The van der Waals surface area contributed by atoms with Crippen molar-refractivity contribution in [3.8, 4) is 0 Å². The largest absolute Gasteiger partial charge is 0.337 e. The Morgan fingerprint density at radius 1 is 1.50 bits per heavy atom. The first kappa shape index (κ1) is 15.0. The van der Waals surface area contributed by atoms with Gasteiger partial charge in [-0.15, -0.1) is 11.3 Å². The molecule has 3 rings (SSSR count). The Bertz CT molecular complexity index is 641. The lowest BCUT2D eigenvalue weighted by Gasteiger charge is -2.31. The summed E-state index contributed by atoms with van der Waals surface area (Å²) in [5, 5.41) is 6.09. The van der Waals surface area contributed by atoms with Gasteiger partial charge in [0.15, 0.2) is 0 Å². The minimum atomic E-state index is -0.00668. The molecule has 0 radical (unpaired) electrons. The molecule has 5 heteroatoms. The minimum absolute atomic E-state index is 0.00668. The van der Waals surface area contributed by atoms with Crippen molar-refractivity contribution in [1.29, 1.82) is 0 Å². The normalized spacial score (nSPS) is 17.3. The van der Waals surface area contributed by atoms with E-state index < -0.39 is 0 Å². The van der Waals surface area contributed by atoms with Crippen LogP contribution in [0.3, 0.4) is 0 Å². The van der Waals surface area contributed by atoms with E-state index in [1.54, 1.807) is 16.2 Å². The molecule has 0 aliphatic heterocycles. The number of fused-ring (bicyclic) bond motifs is 1. The first-order chi connectivity index (χ1) is 10.6. The number of nitrogens with one attached hydrogen (secondary N) is 1. The highest BCUT2D eigenvalue weighted by molar-refractivity contribution is 7.09. The Hall–Kier alpha value is -1.88. The highest BCUT2D eigenvalue weighted by atomic mass is 32.1. The van der Waals surface area contributed by atoms with E-state index in [0.717, 1.165) is 11.4 Å². The molecule has 1 aromatic heterocycles. The van der Waals surface area contributed by atoms with Crippen LogP contribution in [0.15, 0.2) is 35.8 Å². The summed E-state index contributed by atoms with van der Waals surface area (Å²) in [5.74, 6) is 0.727. The molecule has 0 bridgehead atoms. The molecule has 1 aliphatic rings. The van der Waals surface area contributed by atoms with Crippen molar-refractivity contribution in [3.05, 3.63) is 52.0 Å². The summed E-state index contributed by atoms with van der Waals surface area (Å²) in [7, 11) is 1.84. The summed E-state index contributed by atoms with van der Waals surface area (Å²) in [6.07, 6.45) is 2.88. The molecule has 1 N–H and O–H groups in total. The van der Waals surface area contributed by atoms with Crippen molar-refractivity contribution >= 4 is 17.4 Å². The second-order valence-electron chi connectivity index (χ2n) is 5.94. The quantitative estimate of drug-likeness (QED) is 0.921. The van der Waals surface area contributed by atoms with Crippen LogP contribution < -0.4 is 5.32 Å². The average Bonchev–Trinajstić information content (AvgIpc) is 3.02. The summed E-state index contributed by atoms with van der Waals surface area (Å²) < 4.78 is 0. The van der Waals surface area contributed by atoms with Gasteiger partial charge in [-0.2, -0.15) is 0 Å². The first-order valence-corrected chi connectivity index (χ1v) is 8.49. The van der Waals surface area contributed by atoms with Crippen LogP contribution in [0.5, 0.6) is 0 Å². The SMILES string of the molecule is C[C@@H](CN(C)C(=O)NC[C@@H]1Cc2ccccc21)c1nccs1. The second-order valence-corrected chi connectivity index (χ2v) is 6.86. The van der Waals surface area contributed by atoms with Crippen molar-refractivity contribution < 1.29 is 4.79 Å². The first-order valence-electron chi connectivity index (χ1n) is 7.61. The minimum Gasteiger partial charge on any atom is -0.337 e. The number of thiazole rings is 1. The standard InChI is InChI=1S/C17H21N3OS/c1-12(16-18-7-8-22-16)11-20(2)17(21)19-10-14-9-13-5-3-4-6-15(13)14/h3-8,12,14H,9-11H2,1-2H3,(H,19,21)/t12-,14-/m0/s1. The molecule has 4 nitrogen and oxygen atoms in total. The fraction of sp³-hybridized carbons (Fsp3) is 0.412. The van der Waals surface area contributed by atoms with Gasteiger partial charge in [0, 0.05) is 43.5 Å². The van der Waals surface area contributed by atoms with Gasteiger partial charge in [0.05, 0.1) is 5.01 Å². The molecule has 0 saturated carbocycles. The zero-order valence-electron chi connectivity index (χ0n) is 13.0. The van der Waals surface area contributed by atoms with Crippen LogP contribution in [0.1, 0.15) is 34.9 Å². The third kappa shape index (κ3) is 3.14. The monoisotopic (exact) mass is 315 g/mol. The van der Waals surface area contributed by atoms with Gasteiger partial charge in [-0.25, -0.2) is 9.78 Å². The van der Waals surface area contributed by atoms with Crippen molar-refractivity contribution in [2.75, 3.05) is 20.1 Å². The Morgan fingerprint density at radius 3 is 3.05 bits per heavy atom. The van der Waals surface area contributed by atoms with E-state index in [2.05, 4.69) is 41.5 Å². The third-order valence-electron chi connectivity index (χ3n) is 4.23. The molecule has 2 amide bonds. The fourth-order valence-electron chi connectivity index (χ4n) is 2.94. The molecule has 2 aromatic rings. The molecule has 1 heterocycles. The van der Waals surface area contributed by atoms with Gasteiger partial charge in [-0.05, 0) is 17.5 Å². The Labute approximate surface area is 135 Å². The maximum atomic E-state index is 12.2. The molecule has 0 unspecified atom stereocenters. The number of benzene rings is 1. The molecular formula is C17H21N3OS. The van der Waals surface area contributed by atoms with Gasteiger partial charge < -0.3 is 10.2 Å². The lowest BCUT2D eigenvalue weighted by atomic mass is 9.78. The van der Waals surface area contributed by atoms with Crippen LogP contribution >= 0.6 is 11.3 Å². The van der Waals surface area contributed by atoms with E-state index in [1.165, 1.54) is 11.1 Å². The highest BCUT2D eigenvalue weighted by Crippen LogP contribution is 2.34. The predicted octanol–water partition coefficient (Wildman–Crippen LogP) is 3.23. The van der Waals surface area contributed by atoms with E-state index in [0.29, 0.717) is 19.0 Å². The molecule has 1 aromatic carbocycles. The van der Waals surface area contributed by atoms with Gasteiger partial charge in [-0.3, -0.25) is 0 Å². The highest BCUT2D eigenvalue weighted by Gasteiger charge is 2.26. The fourth-order valence-corrected chi connectivity index (χ4v) is 3.63. The Morgan fingerprint density at radius 2 is 2.32 bits per heavy atom. The van der Waals surface area contributed by atoms with E-state index in [9.17, 15) is 4.79 Å². The van der Waals surface area contributed by atoms with E-state index in [1.807, 2.05) is 18.6 Å². The molecule has 0 fully saturated rings. The lowest BCUT2D eigenvalue weighted by molar-refractivity contribution is 0.205. The number of urea groups is 1. The topological polar surface area (TPSA) is 45.2 Å². The second kappa shape index (κ2) is 6.48. The molecule has 0 spiro atoms. The van der Waals surface area contributed by atoms with E-state index in [-0.39, 0.29) is 11.9 Å². The van der Waals surface area contributed by atoms with E-state index in [4.69, 9.17) is 0 Å².